The molecule has 4 unspecified atom stereocenters. The standard InChI is InChI=1S/C21H26O3.Y/c1-21-10-9-17-16-7-5-15(22)11-13(16)3-6-18(17)19(21)8-4-14(21)12-20(23)24-2;/h5,7,11-12,17-19,22H,3-4,6,8-10H2,1-2H3;/b14-12+;. The van der Waals surface area contributed by atoms with E-state index in [2.05, 4.69) is 13.0 Å². The molecule has 3 aliphatic carbocycles. The van der Waals surface area contributed by atoms with Gasteiger partial charge in [-0.1, -0.05) is 18.6 Å². The van der Waals surface area contributed by atoms with Crippen molar-refractivity contribution in [2.75, 3.05) is 7.11 Å². The zero-order chi connectivity index (χ0) is 16.9. The maximum absolute atomic E-state index is 11.7. The summed E-state index contributed by atoms with van der Waals surface area (Å²) >= 11 is 0. The third kappa shape index (κ3) is 3.12. The summed E-state index contributed by atoms with van der Waals surface area (Å²) in [5, 5.41) is 9.77. The zero-order valence-electron chi connectivity index (χ0n) is 15.1. The number of allylic oxidation sites excluding steroid dienone is 1. The minimum absolute atomic E-state index is 0. The molecule has 4 atom stereocenters. The normalized spacial score (nSPS) is 34.5. The van der Waals surface area contributed by atoms with Gasteiger partial charge >= 0.3 is 5.97 Å². The maximum Gasteiger partial charge on any atom is 0.330 e. The summed E-state index contributed by atoms with van der Waals surface area (Å²) in [5.41, 5.74) is 4.25. The maximum atomic E-state index is 11.7. The summed E-state index contributed by atoms with van der Waals surface area (Å²) in [6.07, 6.45) is 8.56. The number of hydrogen-bond acceptors (Lipinski definition) is 3. The van der Waals surface area contributed by atoms with Gasteiger partial charge in [0, 0.05) is 38.8 Å². The van der Waals surface area contributed by atoms with Crippen molar-refractivity contribution in [3.05, 3.63) is 41.0 Å². The molecule has 0 bridgehead atoms. The van der Waals surface area contributed by atoms with E-state index in [-0.39, 0.29) is 44.1 Å². The number of hydrogen-bond donors (Lipinski definition) is 1. The van der Waals surface area contributed by atoms with E-state index in [1.807, 2.05) is 12.1 Å². The van der Waals surface area contributed by atoms with Crippen LogP contribution in [0.2, 0.25) is 0 Å². The molecule has 1 radical (unpaired) electrons. The van der Waals surface area contributed by atoms with Crippen LogP contribution in [-0.2, 0) is 48.7 Å². The number of phenols is 1. The molecule has 0 heterocycles. The van der Waals surface area contributed by atoms with Gasteiger partial charge in [0.1, 0.15) is 5.75 Å². The molecule has 1 aromatic rings. The molecule has 131 valence electrons. The van der Waals surface area contributed by atoms with Crippen LogP contribution in [0.25, 0.3) is 0 Å². The van der Waals surface area contributed by atoms with Crippen molar-refractivity contribution in [1.29, 1.82) is 0 Å². The van der Waals surface area contributed by atoms with Gasteiger partial charge in [-0.2, -0.15) is 0 Å². The average Bonchev–Trinajstić information content (AvgIpc) is 2.90. The second-order valence-electron chi connectivity index (χ2n) is 7.99. The van der Waals surface area contributed by atoms with Crippen molar-refractivity contribution in [3.63, 3.8) is 0 Å². The summed E-state index contributed by atoms with van der Waals surface area (Å²) in [4.78, 5) is 11.7. The fraction of sp³-hybridized carbons (Fsp3) is 0.571. The molecular formula is C21H26O3Y. The summed E-state index contributed by atoms with van der Waals surface area (Å²) in [6, 6.07) is 5.94. The molecule has 3 aliphatic rings. The number of aromatic hydroxyl groups is 1. The minimum atomic E-state index is -0.210. The van der Waals surface area contributed by atoms with Crippen LogP contribution >= 0.6 is 0 Å². The molecule has 3 nitrogen and oxygen atoms in total. The molecule has 4 rings (SSSR count). The fourth-order valence-corrected chi connectivity index (χ4v) is 5.85. The molecule has 2 fully saturated rings. The molecule has 0 aliphatic heterocycles. The van der Waals surface area contributed by atoms with Crippen LogP contribution in [0.15, 0.2) is 29.8 Å². The van der Waals surface area contributed by atoms with Crippen LogP contribution in [0.3, 0.4) is 0 Å². The Kier molecular flexibility index (Phi) is 5.47. The van der Waals surface area contributed by atoms with Gasteiger partial charge in [-0.15, -0.1) is 0 Å². The first kappa shape index (κ1) is 19.1. The van der Waals surface area contributed by atoms with Crippen molar-refractivity contribution in [2.45, 2.75) is 51.4 Å². The Labute approximate surface area is 175 Å². The van der Waals surface area contributed by atoms with Crippen molar-refractivity contribution in [1.82, 2.24) is 0 Å². The van der Waals surface area contributed by atoms with E-state index in [9.17, 15) is 9.90 Å². The Morgan fingerprint density at radius 3 is 2.84 bits per heavy atom. The van der Waals surface area contributed by atoms with Crippen LogP contribution in [0.5, 0.6) is 5.75 Å². The fourth-order valence-electron chi connectivity index (χ4n) is 5.85. The Hall–Kier alpha value is -0.666. The van der Waals surface area contributed by atoms with Gasteiger partial charge in [-0.05, 0) is 85.0 Å². The van der Waals surface area contributed by atoms with Crippen LogP contribution in [-0.4, -0.2) is 18.2 Å². The van der Waals surface area contributed by atoms with E-state index in [0.29, 0.717) is 23.5 Å². The van der Waals surface area contributed by atoms with E-state index in [4.69, 9.17) is 4.74 Å². The Bertz CT molecular complexity index is 711. The molecule has 1 N–H and O–H groups in total. The van der Waals surface area contributed by atoms with Crippen LogP contribution in [0, 0.1) is 17.3 Å². The second kappa shape index (κ2) is 7.15. The first-order chi connectivity index (χ1) is 11.5. The van der Waals surface area contributed by atoms with Crippen molar-refractivity contribution >= 4 is 5.97 Å². The Morgan fingerprint density at radius 1 is 1.28 bits per heavy atom. The SMILES string of the molecule is COC(=O)/C=C1\CCC2C3CCc4cc(O)ccc4C3CCC12C.[Y]. The van der Waals surface area contributed by atoms with E-state index < -0.39 is 0 Å². The van der Waals surface area contributed by atoms with Crippen molar-refractivity contribution in [3.8, 4) is 5.75 Å². The summed E-state index contributed by atoms with van der Waals surface area (Å²) in [6.45, 7) is 2.36. The van der Waals surface area contributed by atoms with Crippen molar-refractivity contribution in [2.24, 2.45) is 17.3 Å². The number of benzene rings is 1. The first-order valence-corrected chi connectivity index (χ1v) is 9.13. The molecular weight excluding hydrogens is 389 g/mol. The number of methoxy groups -OCH3 is 1. The minimum Gasteiger partial charge on any atom is -0.508 e. The summed E-state index contributed by atoms with van der Waals surface area (Å²) in [5.74, 6) is 2.15. The zero-order valence-corrected chi connectivity index (χ0v) is 18.0. The number of ether oxygens (including phenoxy) is 1. The van der Waals surface area contributed by atoms with E-state index in [1.54, 1.807) is 6.08 Å². The number of rotatable bonds is 1. The number of esters is 1. The summed E-state index contributed by atoms with van der Waals surface area (Å²) in [7, 11) is 1.46. The molecule has 0 spiro atoms. The number of aryl methyl sites for hydroxylation is 1. The topological polar surface area (TPSA) is 46.5 Å². The van der Waals surface area contributed by atoms with Gasteiger partial charge < -0.3 is 9.84 Å². The first-order valence-electron chi connectivity index (χ1n) is 9.13. The van der Waals surface area contributed by atoms with Gasteiger partial charge in [0.05, 0.1) is 7.11 Å². The molecule has 2 saturated carbocycles. The van der Waals surface area contributed by atoms with Crippen LogP contribution in [0.4, 0.5) is 0 Å². The molecule has 4 heteroatoms. The van der Waals surface area contributed by atoms with Crippen LogP contribution < -0.4 is 0 Å². The third-order valence-corrected chi connectivity index (χ3v) is 7.05. The number of carbonyl (C=O) groups excluding carboxylic acids is 1. The molecule has 0 amide bonds. The van der Waals surface area contributed by atoms with E-state index in [1.165, 1.54) is 43.1 Å². The van der Waals surface area contributed by atoms with E-state index >= 15 is 0 Å². The quantitative estimate of drug-likeness (QED) is 0.548. The number of carbonyl (C=O) groups is 1. The van der Waals surface area contributed by atoms with Gasteiger partial charge in [0.2, 0.25) is 0 Å². The molecule has 1 aromatic carbocycles. The summed E-state index contributed by atoms with van der Waals surface area (Å²) < 4.78 is 4.86. The van der Waals surface area contributed by atoms with E-state index in [0.717, 1.165) is 19.3 Å². The average molecular weight is 415 g/mol. The monoisotopic (exact) mass is 415 g/mol. The van der Waals surface area contributed by atoms with Crippen molar-refractivity contribution < 1.29 is 47.3 Å². The number of fused-ring (bicyclic) bond motifs is 5. The molecule has 0 aromatic heterocycles. The van der Waals surface area contributed by atoms with Gasteiger partial charge in [0.15, 0.2) is 0 Å². The predicted octanol–water partition coefficient (Wildman–Crippen LogP) is 4.35. The number of phenolic OH excluding ortho intramolecular Hbond substituents is 1. The predicted molar refractivity (Wildman–Crippen MR) is 92.8 cm³/mol. The Morgan fingerprint density at radius 2 is 2.08 bits per heavy atom. The largest absolute Gasteiger partial charge is 0.508 e. The van der Waals surface area contributed by atoms with Gasteiger partial charge in [0.25, 0.3) is 0 Å². The van der Waals surface area contributed by atoms with Crippen LogP contribution in [0.1, 0.15) is 56.1 Å². The van der Waals surface area contributed by atoms with Gasteiger partial charge in [-0.25, -0.2) is 4.79 Å². The Balaban J connectivity index is 0.00000182. The van der Waals surface area contributed by atoms with Gasteiger partial charge in [-0.3, -0.25) is 0 Å². The smallest absolute Gasteiger partial charge is 0.330 e. The molecule has 25 heavy (non-hydrogen) atoms. The third-order valence-electron chi connectivity index (χ3n) is 7.05. The second-order valence-corrected chi connectivity index (χ2v) is 7.99. The molecule has 0 saturated heterocycles.